The van der Waals surface area contributed by atoms with Crippen LogP contribution >= 0.6 is 0 Å². The van der Waals surface area contributed by atoms with E-state index in [1.165, 1.54) is 13.2 Å². The van der Waals surface area contributed by atoms with Crippen molar-refractivity contribution < 1.29 is 19.0 Å². The van der Waals surface area contributed by atoms with Crippen LogP contribution in [-0.4, -0.2) is 20.0 Å². The van der Waals surface area contributed by atoms with E-state index < -0.39 is 0 Å². The lowest BCUT2D eigenvalue weighted by Crippen LogP contribution is -2.00. The highest BCUT2D eigenvalue weighted by Crippen LogP contribution is 2.26. The van der Waals surface area contributed by atoms with Crippen LogP contribution in [0.1, 0.15) is 21.5 Å². The minimum absolute atomic E-state index is 0.155. The predicted octanol–water partition coefficient (Wildman–Crippen LogP) is 5.18. The summed E-state index contributed by atoms with van der Waals surface area (Å²) in [5, 5.41) is 0. The van der Waals surface area contributed by atoms with E-state index >= 15 is 0 Å². The first-order valence-electron chi connectivity index (χ1n) is 8.91. The topological polar surface area (TPSA) is 44.8 Å². The highest BCUT2D eigenvalue weighted by molar-refractivity contribution is 6.08. The molecule has 0 saturated carbocycles. The van der Waals surface area contributed by atoms with Gasteiger partial charge in [0.05, 0.1) is 19.8 Å². The lowest BCUT2D eigenvalue weighted by Gasteiger charge is -2.10. The molecular weight excluding hydrogens is 352 g/mol. The van der Waals surface area contributed by atoms with Crippen LogP contribution in [0.5, 0.6) is 17.2 Å². The van der Waals surface area contributed by atoms with Crippen molar-refractivity contribution in [2.24, 2.45) is 0 Å². The maximum absolute atomic E-state index is 12.6. The minimum Gasteiger partial charge on any atom is -0.497 e. The van der Waals surface area contributed by atoms with Crippen LogP contribution in [0, 0.1) is 0 Å². The average Bonchev–Trinajstić information content (AvgIpc) is 2.76. The van der Waals surface area contributed by atoms with E-state index in [1.54, 1.807) is 31.4 Å². The first kappa shape index (κ1) is 19.2. The molecule has 0 atom stereocenters. The summed E-state index contributed by atoms with van der Waals surface area (Å²) in [4.78, 5) is 12.6. The normalized spacial score (nSPS) is 10.6. The van der Waals surface area contributed by atoms with Crippen molar-refractivity contribution in [3.8, 4) is 17.2 Å². The van der Waals surface area contributed by atoms with Gasteiger partial charge >= 0.3 is 0 Å². The number of allylic oxidation sites excluding steroid dienone is 1. The zero-order valence-electron chi connectivity index (χ0n) is 15.9. The summed E-state index contributed by atoms with van der Waals surface area (Å²) >= 11 is 0. The van der Waals surface area contributed by atoms with E-state index in [9.17, 15) is 4.79 Å². The van der Waals surface area contributed by atoms with Crippen molar-refractivity contribution in [3.63, 3.8) is 0 Å². The molecule has 0 fully saturated rings. The largest absolute Gasteiger partial charge is 0.497 e. The highest BCUT2D eigenvalue weighted by atomic mass is 16.5. The van der Waals surface area contributed by atoms with Gasteiger partial charge < -0.3 is 14.2 Å². The van der Waals surface area contributed by atoms with Gasteiger partial charge in [-0.1, -0.05) is 48.5 Å². The van der Waals surface area contributed by atoms with Gasteiger partial charge in [-0.05, 0) is 35.9 Å². The SMILES string of the molecule is COc1ccc(C(=O)/C=C/c2ccccc2OCc2ccccc2)c(OC)c1. The van der Waals surface area contributed by atoms with E-state index in [4.69, 9.17) is 14.2 Å². The molecule has 0 saturated heterocycles. The molecule has 0 aliphatic rings. The van der Waals surface area contributed by atoms with Crippen molar-refractivity contribution in [3.05, 3.63) is 95.6 Å². The molecule has 3 rings (SSSR count). The van der Waals surface area contributed by atoms with Crippen LogP contribution in [0.25, 0.3) is 6.08 Å². The standard InChI is InChI=1S/C24H22O4/c1-26-20-13-14-21(24(16-20)27-2)22(25)15-12-19-10-6-7-11-23(19)28-17-18-8-4-3-5-9-18/h3-16H,17H2,1-2H3/b15-12+. The Hall–Kier alpha value is -3.53. The van der Waals surface area contributed by atoms with E-state index in [-0.39, 0.29) is 5.78 Å². The fraction of sp³-hybridized carbons (Fsp3) is 0.125. The van der Waals surface area contributed by atoms with Gasteiger partial charge in [0.1, 0.15) is 23.9 Å². The van der Waals surface area contributed by atoms with Crippen LogP contribution < -0.4 is 14.2 Å². The predicted molar refractivity (Wildman–Crippen MR) is 110 cm³/mol. The molecule has 0 heterocycles. The van der Waals surface area contributed by atoms with Gasteiger partial charge in [0.15, 0.2) is 5.78 Å². The van der Waals surface area contributed by atoms with Crippen molar-refractivity contribution in [2.45, 2.75) is 6.61 Å². The fourth-order valence-electron chi connectivity index (χ4n) is 2.74. The smallest absolute Gasteiger partial charge is 0.189 e. The molecule has 142 valence electrons. The Labute approximate surface area is 165 Å². The number of ether oxygens (including phenoxy) is 3. The number of para-hydroxylation sites is 1. The number of ketones is 1. The zero-order valence-corrected chi connectivity index (χ0v) is 15.9. The van der Waals surface area contributed by atoms with Crippen molar-refractivity contribution in [1.82, 2.24) is 0 Å². The molecule has 0 spiro atoms. The first-order chi connectivity index (χ1) is 13.7. The van der Waals surface area contributed by atoms with Gasteiger partial charge in [0.2, 0.25) is 0 Å². The lowest BCUT2D eigenvalue weighted by atomic mass is 10.1. The molecule has 4 nitrogen and oxygen atoms in total. The Morgan fingerprint density at radius 1 is 0.857 bits per heavy atom. The number of carbonyl (C=O) groups is 1. The van der Waals surface area contributed by atoms with Crippen LogP contribution in [0.2, 0.25) is 0 Å². The van der Waals surface area contributed by atoms with E-state index in [0.717, 1.165) is 16.9 Å². The van der Waals surface area contributed by atoms with E-state index in [2.05, 4.69) is 0 Å². The second kappa shape index (κ2) is 9.42. The quantitative estimate of drug-likeness (QED) is 0.403. The number of hydrogen-bond acceptors (Lipinski definition) is 4. The van der Waals surface area contributed by atoms with Gasteiger partial charge in [0, 0.05) is 11.6 Å². The van der Waals surface area contributed by atoms with E-state index in [1.807, 2.05) is 54.6 Å². The van der Waals surface area contributed by atoms with Gasteiger partial charge in [-0.3, -0.25) is 4.79 Å². The summed E-state index contributed by atoms with van der Waals surface area (Å²) < 4.78 is 16.4. The van der Waals surface area contributed by atoms with Gasteiger partial charge in [0.25, 0.3) is 0 Å². The first-order valence-corrected chi connectivity index (χ1v) is 8.91. The molecule has 0 aliphatic carbocycles. The summed E-state index contributed by atoms with van der Waals surface area (Å²) in [5.74, 6) is 1.68. The maximum atomic E-state index is 12.6. The third-order valence-corrected chi connectivity index (χ3v) is 4.24. The Kier molecular flexibility index (Phi) is 6.47. The van der Waals surface area contributed by atoms with Crippen LogP contribution in [0.3, 0.4) is 0 Å². The fourth-order valence-corrected chi connectivity index (χ4v) is 2.74. The molecule has 3 aromatic carbocycles. The molecule has 0 N–H and O–H groups in total. The number of rotatable bonds is 8. The number of carbonyl (C=O) groups excluding carboxylic acids is 1. The molecule has 28 heavy (non-hydrogen) atoms. The van der Waals surface area contributed by atoms with Crippen LogP contribution in [0.4, 0.5) is 0 Å². The van der Waals surface area contributed by atoms with Gasteiger partial charge in [-0.25, -0.2) is 0 Å². The highest BCUT2D eigenvalue weighted by Gasteiger charge is 2.11. The summed E-state index contributed by atoms with van der Waals surface area (Å²) in [6, 6.07) is 22.7. The third-order valence-electron chi connectivity index (χ3n) is 4.24. The molecule has 3 aromatic rings. The summed E-state index contributed by atoms with van der Waals surface area (Å²) in [7, 11) is 3.10. The molecule has 4 heteroatoms. The molecule has 0 amide bonds. The minimum atomic E-state index is -0.155. The molecule has 0 aromatic heterocycles. The average molecular weight is 374 g/mol. The van der Waals surface area contributed by atoms with Gasteiger partial charge in [-0.15, -0.1) is 0 Å². The Morgan fingerprint density at radius 3 is 2.36 bits per heavy atom. The number of benzene rings is 3. The Morgan fingerprint density at radius 2 is 1.61 bits per heavy atom. The van der Waals surface area contributed by atoms with Crippen LogP contribution in [0.15, 0.2) is 78.9 Å². The monoisotopic (exact) mass is 374 g/mol. The maximum Gasteiger partial charge on any atom is 0.189 e. The van der Waals surface area contributed by atoms with Crippen LogP contribution in [-0.2, 0) is 6.61 Å². The molecular formula is C24H22O4. The molecule has 0 radical (unpaired) electrons. The second-order valence-electron chi connectivity index (χ2n) is 6.08. The zero-order chi connectivity index (χ0) is 19.8. The summed E-state index contributed by atoms with van der Waals surface area (Å²) in [6.07, 6.45) is 3.28. The summed E-state index contributed by atoms with van der Waals surface area (Å²) in [5.41, 5.74) is 2.39. The van der Waals surface area contributed by atoms with Crippen molar-refractivity contribution in [1.29, 1.82) is 0 Å². The lowest BCUT2D eigenvalue weighted by molar-refractivity contribution is 0.104. The van der Waals surface area contributed by atoms with Crippen molar-refractivity contribution >= 4 is 11.9 Å². The van der Waals surface area contributed by atoms with Crippen molar-refractivity contribution in [2.75, 3.05) is 14.2 Å². The molecule has 0 bridgehead atoms. The molecule has 0 unspecified atom stereocenters. The Bertz CT molecular complexity index is 961. The third kappa shape index (κ3) is 4.80. The number of hydrogen-bond donors (Lipinski definition) is 0. The number of methoxy groups -OCH3 is 2. The molecule has 0 aliphatic heterocycles. The second-order valence-corrected chi connectivity index (χ2v) is 6.08. The Balaban J connectivity index is 1.76. The van der Waals surface area contributed by atoms with E-state index in [0.29, 0.717) is 23.7 Å². The van der Waals surface area contributed by atoms with Gasteiger partial charge in [-0.2, -0.15) is 0 Å². The summed E-state index contributed by atoms with van der Waals surface area (Å²) in [6.45, 7) is 0.464.